The van der Waals surface area contributed by atoms with Crippen molar-refractivity contribution in [2.75, 3.05) is 26.2 Å². The molecule has 1 fully saturated rings. The summed E-state index contributed by atoms with van der Waals surface area (Å²) in [6.45, 7) is 4.53. The summed E-state index contributed by atoms with van der Waals surface area (Å²) in [4.78, 5) is 32.9. The summed E-state index contributed by atoms with van der Waals surface area (Å²) in [6.07, 6.45) is 4.47. The molecule has 0 radical (unpaired) electrons. The van der Waals surface area contributed by atoms with E-state index in [9.17, 15) is 9.59 Å². The van der Waals surface area contributed by atoms with E-state index < -0.39 is 0 Å². The SMILES string of the molecule is Cc1ccccc1CC(=O)N1CCCN(C(=O)c2cccnc2)CC1. The highest BCUT2D eigenvalue weighted by molar-refractivity contribution is 5.94. The fourth-order valence-corrected chi connectivity index (χ4v) is 3.12. The number of carbonyl (C=O) groups excluding carboxylic acids is 2. The molecule has 0 atom stereocenters. The summed E-state index contributed by atoms with van der Waals surface area (Å²) in [5.41, 5.74) is 2.81. The Balaban J connectivity index is 1.60. The van der Waals surface area contributed by atoms with Crippen molar-refractivity contribution in [1.29, 1.82) is 0 Å². The molecule has 0 saturated carbocycles. The molecule has 0 spiro atoms. The normalized spacial score (nSPS) is 14.9. The molecule has 0 bridgehead atoms. The zero-order valence-electron chi connectivity index (χ0n) is 14.5. The van der Waals surface area contributed by atoms with Gasteiger partial charge in [0.15, 0.2) is 0 Å². The van der Waals surface area contributed by atoms with E-state index in [2.05, 4.69) is 4.98 Å². The van der Waals surface area contributed by atoms with E-state index in [0.717, 1.165) is 17.5 Å². The van der Waals surface area contributed by atoms with E-state index in [-0.39, 0.29) is 11.8 Å². The standard InChI is InChI=1S/C20H23N3O2/c1-16-6-2-3-7-17(16)14-19(24)22-10-5-11-23(13-12-22)20(25)18-8-4-9-21-15-18/h2-4,6-9,15H,5,10-14H2,1H3. The molecule has 1 aliphatic rings. The van der Waals surface area contributed by atoms with Gasteiger partial charge >= 0.3 is 0 Å². The highest BCUT2D eigenvalue weighted by atomic mass is 16.2. The molecule has 0 N–H and O–H groups in total. The maximum atomic E-state index is 12.6. The van der Waals surface area contributed by atoms with Gasteiger partial charge in [0.1, 0.15) is 0 Å². The lowest BCUT2D eigenvalue weighted by atomic mass is 10.1. The molecule has 0 unspecified atom stereocenters. The van der Waals surface area contributed by atoms with Crippen LogP contribution in [0.1, 0.15) is 27.9 Å². The van der Waals surface area contributed by atoms with Crippen molar-refractivity contribution < 1.29 is 9.59 Å². The first kappa shape index (κ1) is 17.1. The smallest absolute Gasteiger partial charge is 0.255 e. The van der Waals surface area contributed by atoms with Gasteiger partial charge in [0.05, 0.1) is 12.0 Å². The van der Waals surface area contributed by atoms with Crippen LogP contribution >= 0.6 is 0 Å². The fourth-order valence-electron chi connectivity index (χ4n) is 3.12. The van der Waals surface area contributed by atoms with Crippen LogP contribution in [0.15, 0.2) is 48.8 Å². The molecule has 5 heteroatoms. The third-order valence-electron chi connectivity index (χ3n) is 4.65. The zero-order valence-corrected chi connectivity index (χ0v) is 14.5. The predicted molar refractivity (Wildman–Crippen MR) is 96.2 cm³/mol. The van der Waals surface area contributed by atoms with Crippen LogP contribution < -0.4 is 0 Å². The second kappa shape index (κ2) is 7.92. The van der Waals surface area contributed by atoms with Gasteiger partial charge in [-0.25, -0.2) is 0 Å². The number of carbonyl (C=O) groups is 2. The molecule has 1 aliphatic heterocycles. The lowest BCUT2D eigenvalue weighted by molar-refractivity contribution is -0.130. The second-order valence-electron chi connectivity index (χ2n) is 6.37. The van der Waals surface area contributed by atoms with Gasteiger partial charge in [0.2, 0.25) is 5.91 Å². The van der Waals surface area contributed by atoms with Gasteiger partial charge in [0.25, 0.3) is 5.91 Å². The number of hydrogen-bond acceptors (Lipinski definition) is 3. The molecule has 1 saturated heterocycles. The van der Waals surface area contributed by atoms with Gasteiger partial charge in [-0.3, -0.25) is 14.6 Å². The van der Waals surface area contributed by atoms with Crippen LogP contribution in [0.4, 0.5) is 0 Å². The molecule has 2 amide bonds. The molecule has 1 aromatic carbocycles. The minimum atomic E-state index is -0.0127. The number of hydrogen-bond donors (Lipinski definition) is 0. The molecule has 130 valence electrons. The maximum absolute atomic E-state index is 12.6. The number of aryl methyl sites for hydroxylation is 1. The number of benzene rings is 1. The zero-order chi connectivity index (χ0) is 17.6. The van der Waals surface area contributed by atoms with Crippen LogP contribution in [0.2, 0.25) is 0 Å². The quantitative estimate of drug-likeness (QED) is 0.864. The summed E-state index contributed by atoms with van der Waals surface area (Å²) < 4.78 is 0. The Kier molecular flexibility index (Phi) is 5.43. The van der Waals surface area contributed by atoms with Crippen molar-refractivity contribution in [3.8, 4) is 0 Å². The van der Waals surface area contributed by atoms with E-state index in [1.807, 2.05) is 41.0 Å². The average molecular weight is 337 g/mol. The van der Waals surface area contributed by atoms with Crippen molar-refractivity contribution >= 4 is 11.8 Å². The molecular weight excluding hydrogens is 314 g/mol. The number of amides is 2. The Morgan fingerprint density at radius 1 is 1.00 bits per heavy atom. The van der Waals surface area contributed by atoms with Gasteiger partial charge in [-0.05, 0) is 36.6 Å². The summed E-state index contributed by atoms with van der Waals surface area (Å²) in [5.74, 6) is 0.117. The maximum Gasteiger partial charge on any atom is 0.255 e. The molecule has 0 aliphatic carbocycles. The molecular formula is C20H23N3O2. The third kappa shape index (κ3) is 4.24. The summed E-state index contributed by atoms with van der Waals surface area (Å²) >= 11 is 0. The van der Waals surface area contributed by atoms with Gasteiger partial charge in [-0.2, -0.15) is 0 Å². The van der Waals surface area contributed by atoms with E-state index in [0.29, 0.717) is 38.2 Å². The Morgan fingerprint density at radius 3 is 2.52 bits per heavy atom. The topological polar surface area (TPSA) is 53.5 Å². The monoisotopic (exact) mass is 337 g/mol. The fraction of sp³-hybridized carbons (Fsp3) is 0.350. The molecule has 2 aromatic rings. The van der Waals surface area contributed by atoms with Crippen LogP contribution in [0, 0.1) is 6.92 Å². The van der Waals surface area contributed by atoms with E-state index in [4.69, 9.17) is 0 Å². The summed E-state index contributed by atoms with van der Waals surface area (Å²) in [6, 6.07) is 11.5. The number of rotatable bonds is 3. The summed E-state index contributed by atoms with van der Waals surface area (Å²) in [7, 11) is 0. The van der Waals surface area contributed by atoms with Gasteiger partial charge in [0, 0.05) is 38.6 Å². The van der Waals surface area contributed by atoms with Gasteiger partial charge < -0.3 is 9.80 Å². The first-order valence-corrected chi connectivity index (χ1v) is 8.67. The Labute approximate surface area is 148 Å². The van der Waals surface area contributed by atoms with Crippen LogP contribution in [-0.2, 0) is 11.2 Å². The minimum Gasteiger partial charge on any atom is -0.341 e. The van der Waals surface area contributed by atoms with Crippen LogP contribution in [0.3, 0.4) is 0 Å². The van der Waals surface area contributed by atoms with Crippen molar-refractivity contribution in [2.24, 2.45) is 0 Å². The highest BCUT2D eigenvalue weighted by Gasteiger charge is 2.23. The molecule has 3 rings (SSSR count). The van der Waals surface area contributed by atoms with Crippen LogP contribution in [-0.4, -0.2) is 52.8 Å². The average Bonchev–Trinajstić information content (AvgIpc) is 2.90. The van der Waals surface area contributed by atoms with Gasteiger partial charge in [-0.1, -0.05) is 24.3 Å². The van der Waals surface area contributed by atoms with Crippen molar-refractivity contribution in [2.45, 2.75) is 19.8 Å². The minimum absolute atomic E-state index is 0.0127. The second-order valence-corrected chi connectivity index (χ2v) is 6.37. The largest absolute Gasteiger partial charge is 0.341 e. The molecule has 5 nitrogen and oxygen atoms in total. The molecule has 1 aromatic heterocycles. The van der Waals surface area contributed by atoms with E-state index in [1.54, 1.807) is 24.5 Å². The highest BCUT2D eigenvalue weighted by Crippen LogP contribution is 2.12. The van der Waals surface area contributed by atoms with E-state index in [1.165, 1.54) is 0 Å². The van der Waals surface area contributed by atoms with Crippen molar-refractivity contribution in [3.63, 3.8) is 0 Å². The first-order valence-electron chi connectivity index (χ1n) is 8.67. The summed E-state index contributed by atoms with van der Waals surface area (Å²) in [5, 5.41) is 0. The number of aromatic nitrogens is 1. The Hall–Kier alpha value is -2.69. The number of nitrogens with zero attached hydrogens (tertiary/aromatic N) is 3. The Morgan fingerprint density at radius 2 is 1.76 bits per heavy atom. The van der Waals surface area contributed by atoms with E-state index >= 15 is 0 Å². The Bertz CT molecular complexity index is 746. The van der Waals surface area contributed by atoms with Crippen molar-refractivity contribution in [3.05, 3.63) is 65.5 Å². The lowest BCUT2D eigenvalue weighted by Crippen LogP contribution is -2.38. The molecule has 25 heavy (non-hydrogen) atoms. The molecule has 2 heterocycles. The van der Waals surface area contributed by atoms with Crippen molar-refractivity contribution in [1.82, 2.24) is 14.8 Å². The van der Waals surface area contributed by atoms with Gasteiger partial charge in [-0.15, -0.1) is 0 Å². The third-order valence-corrected chi connectivity index (χ3v) is 4.65. The lowest BCUT2D eigenvalue weighted by Gasteiger charge is -2.22. The van der Waals surface area contributed by atoms with Crippen LogP contribution in [0.25, 0.3) is 0 Å². The number of pyridine rings is 1. The first-order chi connectivity index (χ1) is 12.1. The van der Waals surface area contributed by atoms with Crippen LogP contribution in [0.5, 0.6) is 0 Å². The predicted octanol–water partition coefficient (Wildman–Crippen LogP) is 2.31.